The lowest BCUT2D eigenvalue weighted by atomic mass is 9.84. The lowest BCUT2D eigenvalue weighted by Crippen LogP contribution is -1.91. The second-order valence-electron chi connectivity index (χ2n) is 13.6. The van der Waals surface area contributed by atoms with E-state index in [0.29, 0.717) is 0 Å². The van der Waals surface area contributed by atoms with E-state index in [-0.39, 0.29) is 0 Å². The molecule has 1 N–H and O–H groups in total. The monoisotopic (exact) mass is 617 g/mol. The highest BCUT2D eigenvalue weighted by atomic mass is 14.7. The van der Waals surface area contributed by atoms with Gasteiger partial charge in [-0.3, -0.25) is 0 Å². The molecule has 0 fully saturated rings. The Labute approximate surface area is 281 Å². The number of hydrogen-bond donors (Lipinski definition) is 1. The van der Waals surface area contributed by atoms with Gasteiger partial charge < -0.3 is 4.98 Å². The van der Waals surface area contributed by atoms with Crippen molar-refractivity contribution in [3.8, 4) is 22.3 Å². The highest BCUT2D eigenvalue weighted by Gasteiger charge is 2.27. The van der Waals surface area contributed by atoms with Crippen molar-refractivity contribution in [1.29, 1.82) is 0 Å². The van der Waals surface area contributed by atoms with E-state index in [4.69, 9.17) is 0 Å². The molecule has 0 aliphatic rings. The van der Waals surface area contributed by atoms with Crippen LogP contribution in [0.15, 0.2) is 158 Å². The van der Waals surface area contributed by atoms with Crippen molar-refractivity contribution in [2.24, 2.45) is 0 Å². The van der Waals surface area contributed by atoms with E-state index in [0.717, 1.165) is 0 Å². The maximum Gasteiger partial charge on any atom is 0.0477 e. The van der Waals surface area contributed by atoms with Crippen molar-refractivity contribution in [2.75, 3.05) is 0 Å². The van der Waals surface area contributed by atoms with Crippen LogP contribution in [0.3, 0.4) is 0 Å². The average Bonchev–Trinajstić information content (AvgIpc) is 3.81. The summed E-state index contributed by atoms with van der Waals surface area (Å²) in [5.41, 5.74) is 7.49. The van der Waals surface area contributed by atoms with Crippen LogP contribution >= 0.6 is 0 Å². The molecule has 0 saturated carbocycles. The predicted octanol–water partition coefficient (Wildman–Crippen LogP) is 13.6. The molecule has 12 rings (SSSR count). The van der Waals surface area contributed by atoms with Crippen LogP contribution < -0.4 is 0 Å². The van der Waals surface area contributed by atoms with Crippen molar-refractivity contribution < 1.29 is 0 Å². The number of H-pyrrole nitrogens is 1. The first kappa shape index (κ1) is 25.6. The molecule has 0 unspecified atom stereocenters. The number of nitrogens with one attached hydrogen (secondary N) is 1. The molecule has 0 radical (unpaired) electrons. The Hall–Kier alpha value is -6.44. The summed E-state index contributed by atoms with van der Waals surface area (Å²) < 4.78 is 0. The van der Waals surface area contributed by atoms with Gasteiger partial charge in [0.15, 0.2) is 0 Å². The number of aromatic nitrogens is 1. The quantitative estimate of drug-likeness (QED) is 0.186. The van der Waals surface area contributed by atoms with Crippen molar-refractivity contribution in [2.45, 2.75) is 0 Å². The SMILES string of the molecule is c1ccc(-c2c3cc4c5ccccc5c5cccc(c3c(-c3ccccc3)c3c6cc7[nH]c8ccccc8c7c7cccc(c23)c67)c54)cc1. The Morgan fingerprint density at radius 1 is 0.245 bits per heavy atom. The summed E-state index contributed by atoms with van der Waals surface area (Å²) in [5, 5.41) is 21.2. The number of para-hydroxylation sites is 1. The summed E-state index contributed by atoms with van der Waals surface area (Å²) in [6.45, 7) is 0. The zero-order valence-electron chi connectivity index (χ0n) is 26.5. The van der Waals surface area contributed by atoms with Crippen LogP contribution in [0.25, 0.3) is 119 Å². The zero-order chi connectivity index (χ0) is 31.8. The summed E-state index contributed by atoms with van der Waals surface area (Å²) in [4.78, 5) is 3.80. The van der Waals surface area contributed by atoms with Gasteiger partial charge in [-0.05, 0) is 116 Å². The maximum absolute atomic E-state index is 3.80. The van der Waals surface area contributed by atoms with E-state index >= 15 is 0 Å². The second-order valence-corrected chi connectivity index (χ2v) is 13.6. The van der Waals surface area contributed by atoms with Crippen LogP contribution in [0.2, 0.25) is 0 Å². The predicted molar refractivity (Wildman–Crippen MR) is 212 cm³/mol. The van der Waals surface area contributed by atoms with Crippen molar-refractivity contribution >= 4 is 97.2 Å². The summed E-state index contributed by atoms with van der Waals surface area (Å²) in [6, 6.07) is 58.7. The van der Waals surface area contributed by atoms with Crippen molar-refractivity contribution in [3.63, 3.8) is 0 Å². The van der Waals surface area contributed by atoms with E-state index in [9.17, 15) is 0 Å². The molecule has 0 atom stereocenters. The average molecular weight is 618 g/mol. The number of benzene rings is 9. The largest absolute Gasteiger partial charge is 0.354 e. The fraction of sp³-hybridized carbons (Fsp3) is 0. The van der Waals surface area contributed by atoms with E-state index < -0.39 is 0 Å². The molecule has 1 nitrogen and oxygen atoms in total. The number of aromatic amines is 1. The molecule has 11 aromatic carbocycles. The van der Waals surface area contributed by atoms with Gasteiger partial charge in [0, 0.05) is 21.8 Å². The summed E-state index contributed by atoms with van der Waals surface area (Å²) in [6.07, 6.45) is 0. The molecule has 1 heteroatoms. The van der Waals surface area contributed by atoms with E-state index in [1.54, 1.807) is 0 Å². The Balaban J connectivity index is 1.45. The first-order valence-electron chi connectivity index (χ1n) is 17.1. The molecular formula is C48H27N. The Morgan fingerprint density at radius 2 is 0.755 bits per heavy atom. The molecule has 49 heavy (non-hydrogen) atoms. The van der Waals surface area contributed by atoms with Crippen LogP contribution in [0.1, 0.15) is 0 Å². The van der Waals surface area contributed by atoms with Crippen molar-refractivity contribution in [3.05, 3.63) is 158 Å². The molecule has 224 valence electrons. The van der Waals surface area contributed by atoms with E-state index in [1.807, 2.05) is 0 Å². The summed E-state index contributed by atoms with van der Waals surface area (Å²) >= 11 is 0. The van der Waals surface area contributed by atoms with Gasteiger partial charge in [-0.25, -0.2) is 0 Å². The molecule has 0 saturated heterocycles. The molecule has 0 bridgehead atoms. The lowest BCUT2D eigenvalue weighted by molar-refractivity contribution is 1.56. The molecule has 0 spiro atoms. The number of hydrogen-bond acceptors (Lipinski definition) is 0. The zero-order valence-corrected chi connectivity index (χ0v) is 26.5. The van der Waals surface area contributed by atoms with Gasteiger partial charge >= 0.3 is 0 Å². The maximum atomic E-state index is 3.80. The molecule has 1 aromatic heterocycles. The van der Waals surface area contributed by atoms with Crippen LogP contribution in [-0.2, 0) is 0 Å². The van der Waals surface area contributed by atoms with Crippen molar-refractivity contribution in [1.82, 2.24) is 4.98 Å². The van der Waals surface area contributed by atoms with Gasteiger partial charge in [-0.15, -0.1) is 0 Å². The summed E-state index contributed by atoms with van der Waals surface area (Å²) in [5.74, 6) is 0. The van der Waals surface area contributed by atoms with Gasteiger partial charge in [0.1, 0.15) is 0 Å². The fourth-order valence-corrected chi connectivity index (χ4v) is 9.42. The first-order valence-corrected chi connectivity index (χ1v) is 17.1. The minimum atomic E-state index is 1.18. The van der Waals surface area contributed by atoms with Gasteiger partial charge in [0.2, 0.25) is 0 Å². The lowest BCUT2D eigenvalue weighted by Gasteiger charge is -2.19. The van der Waals surface area contributed by atoms with Crippen LogP contribution in [-0.4, -0.2) is 4.98 Å². The van der Waals surface area contributed by atoms with Gasteiger partial charge in [0.05, 0.1) is 0 Å². The van der Waals surface area contributed by atoms with Gasteiger partial charge in [0.25, 0.3) is 0 Å². The third-order valence-corrected chi connectivity index (χ3v) is 11.2. The Kier molecular flexibility index (Phi) is 4.77. The number of fused-ring (bicyclic) bond motifs is 12. The molecule has 0 amide bonds. The standard InChI is InChI=1S/C48H27N/c1-3-13-27(14-4-1)41-37-25-36-30-18-8-7-17-29(30)31-20-11-22-34(43(31)36)46(37)42(28-15-5-2-6-16-28)48-38-26-40-45(32-19-9-10-24-39(32)49-40)33-21-12-23-35(44(33)38)47(41)48/h1-26,49H. The van der Waals surface area contributed by atoms with E-state index in [1.165, 1.54) is 119 Å². The molecule has 12 aromatic rings. The van der Waals surface area contributed by atoms with Gasteiger partial charge in [-0.1, -0.05) is 140 Å². The smallest absolute Gasteiger partial charge is 0.0477 e. The van der Waals surface area contributed by atoms with Crippen LogP contribution in [0.5, 0.6) is 0 Å². The molecular weight excluding hydrogens is 591 g/mol. The molecule has 0 aliphatic carbocycles. The van der Waals surface area contributed by atoms with Crippen LogP contribution in [0, 0.1) is 0 Å². The highest BCUT2D eigenvalue weighted by molar-refractivity contribution is 6.46. The minimum Gasteiger partial charge on any atom is -0.354 e. The number of rotatable bonds is 2. The topological polar surface area (TPSA) is 15.8 Å². The Bertz CT molecular complexity index is 3290. The normalized spacial score (nSPS) is 12.5. The van der Waals surface area contributed by atoms with Gasteiger partial charge in [-0.2, -0.15) is 0 Å². The molecule has 0 aliphatic heterocycles. The molecule has 1 heterocycles. The van der Waals surface area contributed by atoms with Crippen LogP contribution in [0.4, 0.5) is 0 Å². The Morgan fingerprint density at radius 3 is 1.49 bits per heavy atom. The first-order chi connectivity index (χ1) is 24.3. The third kappa shape index (κ3) is 3.16. The highest BCUT2D eigenvalue weighted by Crippen LogP contribution is 2.55. The third-order valence-electron chi connectivity index (χ3n) is 11.2. The second kappa shape index (κ2) is 9.13. The summed E-state index contributed by atoms with van der Waals surface area (Å²) in [7, 11) is 0. The fourth-order valence-electron chi connectivity index (χ4n) is 9.42. The van der Waals surface area contributed by atoms with E-state index in [2.05, 4.69) is 163 Å². The minimum absolute atomic E-state index is 1.18.